The lowest BCUT2D eigenvalue weighted by Gasteiger charge is -2.36. The van der Waals surface area contributed by atoms with Crippen LogP contribution in [0.25, 0.3) is 0 Å². The molecule has 2 amide bonds. The molecular weight excluding hydrogens is 290 g/mol. The third-order valence-corrected chi connectivity index (χ3v) is 6.41. The third-order valence-electron chi connectivity index (χ3n) is 6.41. The molecule has 3 aliphatic heterocycles. The maximum Gasteiger partial charge on any atom is 0.320 e. The Labute approximate surface area is 139 Å². The first-order valence-electron chi connectivity index (χ1n) is 9.52. The van der Waals surface area contributed by atoms with Crippen LogP contribution < -0.4 is 5.32 Å². The maximum absolute atomic E-state index is 13.1. The molecule has 4 rings (SSSR count). The summed E-state index contributed by atoms with van der Waals surface area (Å²) in [6.45, 7) is 8.03. The van der Waals surface area contributed by atoms with Crippen molar-refractivity contribution in [2.75, 3.05) is 26.2 Å². The van der Waals surface area contributed by atoms with Crippen LogP contribution in [0.3, 0.4) is 0 Å². The first-order valence-corrected chi connectivity index (χ1v) is 9.52. The molecule has 0 aromatic rings. The van der Waals surface area contributed by atoms with Gasteiger partial charge in [0.1, 0.15) is 0 Å². The molecule has 1 saturated carbocycles. The zero-order chi connectivity index (χ0) is 16.0. The number of nitrogens with zero attached hydrogens (tertiary/aromatic N) is 2. The zero-order valence-corrected chi connectivity index (χ0v) is 14.6. The van der Waals surface area contributed by atoms with E-state index >= 15 is 0 Å². The Balaban J connectivity index is 1.54. The van der Waals surface area contributed by atoms with Gasteiger partial charge in [0.2, 0.25) is 0 Å². The molecule has 0 radical (unpaired) electrons. The monoisotopic (exact) mass is 321 g/mol. The molecule has 23 heavy (non-hydrogen) atoms. The van der Waals surface area contributed by atoms with E-state index in [0.717, 1.165) is 51.4 Å². The second kappa shape index (κ2) is 5.92. The standard InChI is InChI=1S/C18H31N3O2/c1-13(2)21-17(22)20(11-15-6-4-8-23-15)12-18(21)9-14-5-3-7-19-16(14)10-18/h13-16,19H,3-12H2,1-2H3/t14?,15-,16?,18?/m0/s1. The smallest absolute Gasteiger partial charge is 0.320 e. The van der Waals surface area contributed by atoms with Crippen LogP contribution >= 0.6 is 0 Å². The highest BCUT2D eigenvalue weighted by Crippen LogP contribution is 2.47. The van der Waals surface area contributed by atoms with Crippen LogP contribution in [-0.4, -0.2) is 65.8 Å². The van der Waals surface area contributed by atoms with Crippen molar-refractivity contribution < 1.29 is 9.53 Å². The molecular formula is C18H31N3O2. The van der Waals surface area contributed by atoms with Crippen LogP contribution in [0, 0.1) is 5.92 Å². The predicted molar refractivity (Wildman–Crippen MR) is 89.4 cm³/mol. The first kappa shape index (κ1) is 15.7. The van der Waals surface area contributed by atoms with Crippen molar-refractivity contribution in [2.45, 2.75) is 76.1 Å². The zero-order valence-electron chi connectivity index (χ0n) is 14.6. The van der Waals surface area contributed by atoms with E-state index in [1.54, 1.807) is 0 Å². The highest BCUT2D eigenvalue weighted by atomic mass is 16.5. The second-order valence-corrected chi connectivity index (χ2v) is 8.36. The van der Waals surface area contributed by atoms with Crippen LogP contribution in [0.4, 0.5) is 4.79 Å². The highest BCUT2D eigenvalue weighted by Gasteiger charge is 2.57. The van der Waals surface area contributed by atoms with Crippen LogP contribution in [0.15, 0.2) is 0 Å². The first-order chi connectivity index (χ1) is 11.1. The number of carbonyl (C=O) groups is 1. The summed E-state index contributed by atoms with van der Waals surface area (Å²) in [4.78, 5) is 17.4. The molecule has 1 N–H and O–H groups in total. The van der Waals surface area contributed by atoms with Crippen LogP contribution in [0.1, 0.15) is 52.4 Å². The average Bonchev–Trinajstić information content (AvgIpc) is 3.18. The fourth-order valence-electron chi connectivity index (χ4n) is 5.61. The van der Waals surface area contributed by atoms with Gasteiger partial charge in [-0.25, -0.2) is 4.79 Å². The van der Waals surface area contributed by atoms with Crippen LogP contribution in [0.5, 0.6) is 0 Å². The minimum atomic E-state index is 0.0521. The lowest BCUT2D eigenvalue weighted by atomic mass is 9.91. The van der Waals surface area contributed by atoms with Crippen LogP contribution in [-0.2, 0) is 4.74 Å². The number of amides is 2. The van der Waals surface area contributed by atoms with Crippen molar-refractivity contribution in [3.05, 3.63) is 0 Å². The van der Waals surface area contributed by atoms with Gasteiger partial charge >= 0.3 is 6.03 Å². The highest BCUT2D eigenvalue weighted by molar-refractivity contribution is 5.78. The van der Waals surface area contributed by atoms with Gasteiger partial charge in [-0.3, -0.25) is 0 Å². The number of urea groups is 1. The molecule has 1 aliphatic carbocycles. The SMILES string of the molecule is CC(C)N1C(=O)N(C[C@@H]2CCCO2)CC12CC1CCCNC1C2. The van der Waals surface area contributed by atoms with E-state index < -0.39 is 0 Å². The summed E-state index contributed by atoms with van der Waals surface area (Å²) < 4.78 is 5.78. The van der Waals surface area contributed by atoms with Gasteiger partial charge in [0.25, 0.3) is 0 Å². The number of ether oxygens (including phenoxy) is 1. The number of hydrogen-bond donors (Lipinski definition) is 1. The normalized spacial score (nSPS) is 40.7. The van der Waals surface area contributed by atoms with E-state index in [-0.39, 0.29) is 23.7 Å². The Kier molecular flexibility index (Phi) is 4.04. The third kappa shape index (κ3) is 2.66. The minimum Gasteiger partial charge on any atom is -0.376 e. The van der Waals surface area contributed by atoms with Gasteiger partial charge in [-0.15, -0.1) is 0 Å². The number of fused-ring (bicyclic) bond motifs is 1. The fourth-order valence-corrected chi connectivity index (χ4v) is 5.61. The topological polar surface area (TPSA) is 44.8 Å². The maximum atomic E-state index is 13.1. The average molecular weight is 321 g/mol. The molecule has 3 heterocycles. The van der Waals surface area contributed by atoms with Crippen LogP contribution in [0.2, 0.25) is 0 Å². The predicted octanol–water partition coefficient (Wildman–Crippen LogP) is 2.21. The Bertz CT molecular complexity index is 447. The Morgan fingerprint density at radius 3 is 2.87 bits per heavy atom. The molecule has 130 valence electrons. The van der Waals surface area contributed by atoms with Crippen molar-refractivity contribution >= 4 is 6.03 Å². The summed E-state index contributed by atoms with van der Waals surface area (Å²) >= 11 is 0. The van der Waals surface area contributed by atoms with E-state index in [0.29, 0.717) is 6.04 Å². The summed E-state index contributed by atoms with van der Waals surface area (Å²) in [6.07, 6.45) is 7.41. The van der Waals surface area contributed by atoms with Gasteiger partial charge in [0, 0.05) is 31.8 Å². The van der Waals surface area contributed by atoms with Gasteiger partial charge in [-0.1, -0.05) is 0 Å². The summed E-state index contributed by atoms with van der Waals surface area (Å²) in [5.74, 6) is 0.750. The molecule has 4 fully saturated rings. The van der Waals surface area contributed by atoms with Gasteiger partial charge < -0.3 is 19.9 Å². The minimum absolute atomic E-state index is 0.0521. The molecule has 0 aromatic heterocycles. The Hall–Kier alpha value is -0.810. The largest absolute Gasteiger partial charge is 0.376 e. The summed E-state index contributed by atoms with van der Waals surface area (Å²) in [5.41, 5.74) is 0.0521. The molecule has 3 unspecified atom stereocenters. The molecule has 5 nitrogen and oxygen atoms in total. The van der Waals surface area contributed by atoms with E-state index in [4.69, 9.17) is 4.74 Å². The lowest BCUT2D eigenvalue weighted by molar-refractivity contribution is 0.0848. The summed E-state index contributed by atoms with van der Waals surface area (Å²) in [6, 6.07) is 1.13. The number of rotatable bonds is 3. The second-order valence-electron chi connectivity index (χ2n) is 8.36. The summed E-state index contributed by atoms with van der Waals surface area (Å²) in [7, 11) is 0. The van der Waals surface area contributed by atoms with Gasteiger partial charge in [-0.05, 0) is 64.8 Å². The molecule has 5 heteroatoms. The molecule has 1 spiro atoms. The lowest BCUT2D eigenvalue weighted by Crippen LogP contribution is -2.49. The van der Waals surface area contributed by atoms with Crippen molar-refractivity contribution in [3.8, 4) is 0 Å². The Morgan fingerprint density at radius 1 is 1.30 bits per heavy atom. The van der Waals surface area contributed by atoms with Crippen molar-refractivity contribution in [2.24, 2.45) is 5.92 Å². The van der Waals surface area contributed by atoms with Crippen molar-refractivity contribution in [1.29, 1.82) is 0 Å². The van der Waals surface area contributed by atoms with E-state index in [9.17, 15) is 4.79 Å². The quantitative estimate of drug-likeness (QED) is 0.867. The van der Waals surface area contributed by atoms with Gasteiger partial charge in [0.15, 0.2) is 0 Å². The van der Waals surface area contributed by atoms with Crippen molar-refractivity contribution in [1.82, 2.24) is 15.1 Å². The number of nitrogens with one attached hydrogen (secondary N) is 1. The molecule has 4 atom stereocenters. The van der Waals surface area contributed by atoms with E-state index in [2.05, 4.69) is 29.0 Å². The van der Waals surface area contributed by atoms with Gasteiger partial charge in [-0.2, -0.15) is 0 Å². The number of hydrogen-bond acceptors (Lipinski definition) is 3. The Morgan fingerprint density at radius 2 is 2.17 bits per heavy atom. The number of piperidine rings is 1. The van der Waals surface area contributed by atoms with E-state index in [1.165, 1.54) is 19.3 Å². The van der Waals surface area contributed by atoms with E-state index in [1.807, 2.05) is 0 Å². The van der Waals surface area contributed by atoms with Gasteiger partial charge in [0.05, 0.1) is 11.6 Å². The molecule has 0 aromatic carbocycles. The molecule has 3 saturated heterocycles. The molecule has 0 bridgehead atoms. The fraction of sp³-hybridized carbons (Fsp3) is 0.944. The molecule has 4 aliphatic rings. The number of carbonyl (C=O) groups excluding carboxylic acids is 1. The summed E-state index contributed by atoms with van der Waals surface area (Å²) in [5, 5.41) is 3.71. The van der Waals surface area contributed by atoms with Crippen molar-refractivity contribution in [3.63, 3.8) is 0 Å².